The second-order valence-electron chi connectivity index (χ2n) is 4.60. The first-order valence-electron chi connectivity index (χ1n) is 6.36. The van der Waals surface area contributed by atoms with E-state index in [9.17, 15) is 12.8 Å². The van der Waals surface area contributed by atoms with E-state index in [1.54, 1.807) is 13.0 Å². The highest BCUT2D eigenvalue weighted by Crippen LogP contribution is 2.32. The van der Waals surface area contributed by atoms with Crippen molar-refractivity contribution in [1.29, 1.82) is 0 Å². The van der Waals surface area contributed by atoms with Crippen molar-refractivity contribution in [1.82, 2.24) is 4.98 Å². The summed E-state index contributed by atoms with van der Waals surface area (Å²) in [6.45, 7) is 1.70. The number of oxazole rings is 1. The summed E-state index contributed by atoms with van der Waals surface area (Å²) in [5.41, 5.74) is 0.182. The fourth-order valence-corrected chi connectivity index (χ4v) is 4.32. The number of thiophene rings is 1. The molecule has 0 bridgehead atoms. The van der Waals surface area contributed by atoms with Gasteiger partial charge >= 0.3 is 0 Å². The molecule has 2 heterocycles. The largest absolute Gasteiger partial charge is 0.440 e. The van der Waals surface area contributed by atoms with E-state index in [0.29, 0.717) is 16.5 Å². The lowest BCUT2D eigenvalue weighted by molar-refractivity contribution is 0.535. The van der Waals surface area contributed by atoms with E-state index in [2.05, 4.69) is 9.71 Å². The molecule has 0 spiro atoms. The van der Waals surface area contributed by atoms with E-state index in [1.165, 1.54) is 24.4 Å². The van der Waals surface area contributed by atoms with Crippen LogP contribution in [0.5, 0.6) is 0 Å². The Balaban J connectivity index is 1.88. The molecule has 0 fully saturated rings. The smallest absolute Gasteiger partial charge is 0.271 e. The molecule has 0 radical (unpaired) electrons. The number of anilines is 1. The number of nitrogens with zero attached hydrogens (tertiary/aromatic N) is 1. The van der Waals surface area contributed by atoms with Crippen LogP contribution in [0.3, 0.4) is 0 Å². The first-order chi connectivity index (χ1) is 10.8. The number of aryl methyl sites for hydroxylation is 1. The van der Waals surface area contributed by atoms with Crippen LogP contribution in [-0.2, 0) is 10.0 Å². The molecule has 2 aromatic heterocycles. The minimum atomic E-state index is -3.80. The molecule has 1 N–H and O–H groups in total. The van der Waals surface area contributed by atoms with Gasteiger partial charge in [0.05, 0.1) is 21.8 Å². The van der Waals surface area contributed by atoms with E-state index in [4.69, 9.17) is 16.0 Å². The topological polar surface area (TPSA) is 72.2 Å². The minimum absolute atomic E-state index is 0.0991. The Morgan fingerprint density at radius 2 is 2.09 bits per heavy atom. The third-order valence-electron chi connectivity index (χ3n) is 2.88. The van der Waals surface area contributed by atoms with Crippen molar-refractivity contribution in [2.24, 2.45) is 0 Å². The first-order valence-corrected chi connectivity index (χ1v) is 9.03. The van der Waals surface area contributed by atoms with Gasteiger partial charge in [0.15, 0.2) is 11.7 Å². The van der Waals surface area contributed by atoms with Crippen LogP contribution in [0.2, 0.25) is 5.02 Å². The number of hydrogen-bond donors (Lipinski definition) is 1. The fourth-order valence-electron chi connectivity index (χ4n) is 1.84. The van der Waals surface area contributed by atoms with E-state index in [-0.39, 0.29) is 14.9 Å². The second kappa shape index (κ2) is 5.95. The van der Waals surface area contributed by atoms with Crippen molar-refractivity contribution in [3.05, 3.63) is 53.3 Å². The summed E-state index contributed by atoms with van der Waals surface area (Å²) < 4.78 is 45.7. The molecular weight excluding hydrogens is 363 g/mol. The number of nitrogens with one attached hydrogen (secondary N) is 1. The number of benzene rings is 1. The quantitative estimate of drug-likeness (QED) is 0.740. The van der Waals surface area contributed by atoms with Gasteiger partial charge in [-0.3, -0.25) is 4.72 Å². The predicted octanol–water partition coefficient (Wildman–Crippen LogP) is 4.30. The molecule has 0 saturated carbocycles. The summed E-state index contributed by atoms with van der Waals surface area (Å²) in [6.07, 6.45) is 1.53. The van der Waals surface area contributed by atoms with Gasteiger partial charge in [0, 0.05) is 6.92 Å². The van der Waals surface area contributed by atoms with Crippen LogP contribution in [0.15, 0.2) is 45.2 Å². The Morgan fingerprint density at radius 3 is 2.74 bits per heavy atom. The highest BCUT2D eigenvalue weighted by molar-refractivity contribution is 7.94. The van der Waals surface area contributed by atoms with Crippen molar-refractivity contribution < 1.29 is 17.2 Å². The Kier molecular flexibility index (Phi) is 4.13. The number of halogens is 2. The molecule has 0 aliphatic carbocycles. The predicted molar refractivity (Wildman–Crippen MR) is 86.8 cm³/mol. The van der Waals surface area contributed by atoms with Crippen molar-refractivity contribution >= 4 is 38.6 Å². The average Bonchev–Trinajstić information content (AvgIpc) is 3.11. The summed E-state index contributed by atoms with van der Waals surface area (Å²) in [5.74, 6) is 0.379. The molecule has 0 atom stereocenters. The van der Waals surface area contributed by atoms with Crippen LogP contribution >= 0.6 is 22.9 Å². The maximum absolute atomic E-state index is 13.1. The van der Waals surface area contributed by atoms with E-state index < -0.39 is 15.8 Å². The summed E-state index contributed by atoms with van der Waals surface area (Å²) in [6, 6.07) is 6.70. The first kappa shape index (κ1) is 16.0. The minimum Gasteiger partial charge on any atom is -0.440 e. The third kappa shape index (κ3) is 3.39. The van der Waals surface area contributed by atoms with Gasteiger partial charge in [0.2, 0.25) is 0 Å². The third-order valence-corrected chi connectivity index (χ3v) is 6.14. The van der Waals surface area contributed by atoms with Crippen molar-refractivity contribution in [3.8, 4) is 10.6 Å². The Bertz CT molecular complexity index is 966. The molecule has 0 saturated heterocycles. The Labute approximate surface area is 140 Å². The van der Waals surface area contributed by atoms with E-state index in [1.807, 2.05) is 0 Å². The molecule has 23 heavy (non-hydrogen) atoms. The van der Waals surface area contributed by atoms with Crippen molar-refractivity contribution in [2.75, 3.05) is 4.72 Å². The second-order valence-corrected chi connectivity index (χ2v) is 8.00. The highest BCUT2D eigenvalue weighted by Gasteiger charge is 2.19. The molecule has 5 nitrogen and oxygen atoms in total. The number of rotatable bonds is 4. The van der Waals surface area contributed by atoms with E-state index >= 15 is 0 Å². The van der Waals surface area contributed by atoms with Gasteiger partial charge in [-0.15, -0.1) is 11.3 Å². The lowest BCUT2D eigenvalue weighted by atomic mass is 10.3. The van der Waals surface area contributed by atoms with Gasteiger partial charge in [0.25, 0.3) is 10.0 Å². The SMILES string of the molecule is Cc1ncc(-c2ccc(S(=O)(=O)Nc3ccc(F)c(Cl)c3)s2)o1. The van der Waals surface area contributed by atoms with Gasteiger partial charge in [-0.25, -0.2) is 17.8 Å². The number of sulfonamides is 1. The van der Waals surface area contributed by atoms with Gasteiger partial charge in [-0.05, 0) is 30.3 Å². The van der Waals surface area contributed by atoms with Crippen molar-refractivity contribution in [3.63, 3.8) is 0 Å². The summed E-state index contributed by atoms with van der Waals surface area (Å²) in [4.78, 5) is 4.62. The van der Waals surface area contributed by atoms with Gasteiger partial charge in [-0.1, -0.05) is 11.6 Å². The van der Waals surface area contributed by atoms with Crippen LogP contribution in [0.1, 0.15) is 5.89 Å². The van der Waals surface area contributed by atoms with Gasteiger partial charge < -0.3 is 4.42 Å². The summed E-state index contributed by atoms with van der Waals surface area (Å²) in [7, 11) is -3.80. The van der Waals surface area contributed by atoms with Crippen molar-refractivity contribution in [2.45, 2.75) is 11.1 Å². The molecule has 0 amide bonds. The lowest BCUT2D eigenvalue weighted by Gasteiger charge is -2.06. The summed E-state index contributed by atoms with van der Waals surface area (Å²) >= 11 is 6.69. The van der Waals surface area contributed by atoms with Crippen LogP contribution < -0.4 is 4.72 Å². The summed E-state index contributed by atoms with van der Waals surface area (Å²) in [5, 5.41) is -0.158. The molecule has 0 unspecified atom stereocenters. The molecule has 1 aromatic carbocycles. The van der Waals surface area contributed by atoms with Gasteiger partial charge in [-0.2, -0.15) is 0 Å². The van der Waals surface area contributed by atoms with Gasteiger partial charge in [0.1, 0.15) is 10.0 Å². The zero-order chi connectivity index (χ0) is 16.6. The average molecular weight is 373 g/mol. The standard InChI is InChI=1S/C14H10ClFN2O3S2/c1-8-17-7-12(21-8)13-4-5-14(22-13)23(19,20)18-9-2-3-11(16)10(15)6-9/h2-7,18H,1H3. The monoisotopic (exact) mass is 372 g/mol. The maximum Gasteiger partial charge on any atom is 0.271 e. The molecule has 3 rings (SSSR count). The molecule has 0 aliphatic rings. The molecule has 120 valence electrons. The highest BCUT2D eigenvalue weighted by atomic mass is 35.5. The Hall–Kier alpha value is -1.90. The number of hydrogen-bond acceptors (Lipinski definition) is 5. The van der Waals surface area contributed by atoms with Crippen LogP contribution in [0.4, 0.5) is 10.1 Å². The normalized spacial score (nSPS) is 11.6. The lowest BCUT2D eigenvalue weighted by Crippen LogP contribution is -2.11. The fraction of sp³-hybridized carbons (Fsp3) is 0.0714. The van der Waals surface area contributed by atoms with Crippen LogP contribution in [0.25, 0.3) is 10.6 Å². The van der Waals surface area contributed by atoms with E-state index in [0.717, 1.165) is 17.4 Å². The molecule has 3 aromatic rings. The molecular formula is C14H10ClFN2O3S2. The number of aromatic nitrogens is 1. The zero-order valence-electron chi connectivity index (χ0n) is 11.7. The van der Waals surface area contributed by atoms with Crippen LogP contribution in [0, 0.1) is 12.7 Å². The zero-order valence-corrected chi connectivity index (χ0v) is 14.1. The van der Waals surface area contributed by atoms with Crippen LogP contribution in [-0.4, -0.2) is 13.4 Å². The molecule has 9 heteroatoms. The maximum atomic E-state index is 13.1. The molecule has 0 aliphatic heterocycles. The Morgan fingerprint density at radius 1 is 1.30 bits per heavy atom.